The highest BCUT2D eigenvalue weighted by atomic mass is 16.5. The van der Waals surface area contributed by atoms with E-state index in [-0.39, 0.29) is 0 Å². The van der Waals surface area contributed by atoms with Gasteiger partial charge in [0.2, 0.25) is 0 Å². The molecule has 0 aromatic carbocycles. The first-order valence-corrected chi connectivity index (χ1v) is 13.4. The van der Waals surface area contributed by atoms with Crippen molar-refractivity contribution in [1.82, 2.24) is 0 Å². The third-order valence-electron chi connectivity index (χ3n) is 4.68. The fourth-order valence-corrected chi connectivity index (χ4v) is 2.50. The van der Waals surface area contributed by atoms with Gasteiger partial charge in [0.15, 0.2) is 0 Å². The van der Waals surface area contributed by atoms with Crippen LogP contribution in [-0.2, 0) is 38.1 Å². The number of esters is 4. The molecule has 0 aliphatic rings. The van der Waals surface area contributed by atoms with Crippen LogP contribution in [0.2, 0.25) is 0 Å². The van der Waals surface area contributed by atoms with Crippen molar-refractivity contribution in [2.24, 2.45) is 0 Å². The molecule has 36 heavy (non-hydrogen) atoms. The van der Waals surface area contributed by atoms with Gasteiger partial charge in [-0.15, -0.1) is 0 Å². The lowest BCUT2D eigenvalue weighted by molar-refractivity contribution is -0.140. The number of ether oxygens (including phenoxy) is 4. The SMILES string of the molecule is CCCCCCOC(=O)/C=C\C(=O)OCCCCCC.CCCCOC(=O)/C=C/C(=O)OCCCC. The van der Waals surface area contributed by atoms with Crippen molar-refractivity contribution in [3.05, 3.63) is 24.3 Å². The molecule has 0 aromatic heterocycles. The Hall–Kier alpha value is -2.64. The number of hydrogen-bond acceptors (Lipinski definition) is 8. The molecule has 0 amide bonds. The summed E-state index contributed by atoms with van der Waals surface area (Å²) in [5, 5.41) is 0. The zero-order valence-electron chi connectivity index (χ0n) is 22.9. The molecule has 8 nitrogen and oxygen atoms in total. The van der Waals surface area contributed by atoms with Crippen LogP contribution < -0.4 is 0 Å². The van der Waals surface area contributed by atoms with Gasteiger partial charge in [0.25, 0.3) is 0 Å². The molecular weight excluding hydrogens is 464 g/mol. The maximum atomic E-state index is 11.3. The van der Waals surface area contributed by atoms with Crippen molar-refractivity contribution in [3.63, 3.8) is 0 Å². The van der Waals surface area contributed by atoms with Crippen molar-refractivity contribution >= 4 is 23.9 Å². The van der Waals surface area contributed by atoms with Gasteiger partial charge in [-0.05, 0) is 25.7 Å². The Morgan fingerprint density at radius 1 is 0.389 bits per heavy atom. The van der Waals surface area contributed by atoms with Crippen LogP contribution in [0, 0.1) is 0 Å². The van der Waals surface area contributed by atoms with E-state index in [1.54, 1.807) is 0 Å². The quantitative estimate of drug-likeness (QED) is 0.0844. The van der Waals surface area contributed by atoms with Crippen LogP contribution in [0.15, 0.2) is 24.3 Å². The van der Waals surface area contributed by atoms with E-state index in [0.29, 0.717) is 26.4 Å². The van der Waals surface area contributed by atoms with Crippen LogP contribution in [0.1, 0.15) is 105 Å². The van der Waals surface area contributed by atoms with Crippen LogP contribution in [0.5, 0.6) is 0 Å². The molecule has 0 saturated heterocycles. The van der Waals surface area contributed by atoms with E-state index in [1.165, 1.54) is 0 Å². The fraction of sp³-hybridized carbons (Fsp3) is 0.714. The number of carbonyl (C=O) groups excluding carboxylic acids is 4. The minimum atomic E-state index is -0.499. The van der Waals surface area contributed by atoms with Crippen molar-refractivity contribution in [1.29, 1.82) is 0 Å². The first-order valence-electron chi connectivity index (χ1n) is 13.4. The fourth-order valence-electron chi connectivity index (χ4n) is 2.50. The van der Waals surface area contributed by atoms with Gasteiger partial charge in [-0.25, -0.2) is 19.2 Å². The van der Waals surface area contributed by atoms with Gasteiger partial charge >= 0.3 is 23.9 Å². The van der Waals surface area contributed by atoms with Crippen LogP contribution in [0.3, 0.4) is 0 Å². The van der Waals surface area contributed by atoms with E-state index in [0.717, 1.165) is 101 Å². The smallest absolute Gasteiger partial charge is 0.331 e. The largest absolute Gasteiger partial charge is 0.463 e. The summed E-state index contributed by atoms with van der Waals surface area (Å²) in [6.45, 7) is 9.88. The molecule has 8 heteroatoms. The molecular formula is C28H48O8. The lowest BCUT2D eigenvalue weighted by Crippen LogP contribution is -2.06. The van der Waals surface area contributed by atoms with Crippen molar-refractivity contribution in [3.8, 4) is 0 Å². The van der Waals surface area contributed by atoms with E-state index in [1.807, 2.05) is 13.8 Å². The van der Waals surface area contributed by atoms with Gasteiger partial charge in [0.05, 0.1) is 26.4 Å². The average Bonchev–Trinajstić information content (AvgIpc) is 2.86. The Bertz CT molecular complexity index is 573. The lowest BCUT2D eigenvalue weighted by Gasteiger charge is -2.02. The van der Waals surface area contributed by atoms with Gasteiger partial charge in [0.1, 0.15) is 0 Å². The second-order valence-electron chi connectivity index (χ2n) is 8.17. The van der Waals surface area contributed by atoms with Crippen LogP contribution in [0.4, 0.5) is 0 Å². The minimum Gasteiger partial charge on any atom is -0.463 e. The average molecular weight is 513 g/mol. The molecule has 0 radical (unpaired) electrons. The molecule has 0 aliphatic heterocycles. The van der Waals surface area contributed by atoms with Gasteiger partial charge in [-0.1, -0.05) is 79.1 Å². The summed E-state index contributed by atoms with van der Waals surface area (Å²) in [4.78, 5) is 44.6. The van der Waals surface area contributed by atoms with Gasteiger partial charge in [0, 0.05) is 24.3 Å². The minimum absolute atomic E-state index is 0.393. The van der Waals surface area contributed by atoms with Gasteiger partial charge < -0.3 is 18.9 Å². The highest BCUT2D eigenvalue weighted by Crippen LogP contribution is 2.00. The molecule has 0 rings (SSSR count). The summed E-state index contributed by atoms with van der Waals surface area (Å²) in [5.41, 5.74) is 0. The first-order chi connectivity index (χ1) is 17.4. The third-order valence-corrected chi connectivity index (χ3v) is 4.68. The van der Waals surface area contributed by atoms with E-state index >= 15 is 0 Å². The van der Waals surface area contributed by atoms with Crippen molar-refractivity contribution in [2.75, 3.05) is 26.4 Å². The monoisotopic (exact) mass is 512 g/mol. The number of rotatable bonds is 20. The van der Waals surface area contributed by atoms with Crippen LogP contribution >= 0.6 is 0 Å². The Morgan fingerprint density at radius 3 is 0.889 bits per heavy atom. The lowest BCUT2D eigenvalue weighted by atomic mass is 10.2. The summed E-state index contributed by atoms with van der Waals surface area (Å²) in [6, 6.07) is 0. The van der Waals surface area contributed by atoms with Gasteiger partial charge in [-0.2, -0.15) is 0 Å². The van der Waals surface area contributed by atoms with E-state index in [2.05, 4.69) is 13.8 Å². The molecule has 0 unspecified atom stereocenters. The number of unbranched alkanes of at least 4 members (excludes halogenated alkanes) is 8. The Kier molecular flexibility index (Phi) is 28.2. The van der Waals surface area contributed by atoms with E-state index < -0.39 is 23.9 Å². The summed E-state index contributed by atoms with van der Waals surface area (Å²) in [7, 11) is 0. The molecule has 0 aromatic rings. The van der Waals surface area contributed by atoms with Crippen molar-refractivity contribution in [2.45, 2.75) is 105 Å². The number of hydrogen-bond donors (Lipinski definition) is 0. The molecule has 0 bridgehead atoms. The second-order valence-corrected chi connectivity index (χ2v) is 8.17. The molecule has 0 N–H and O–H groups in total. The van der Waals surface area contributed by atoms with E-state index in [4.69, 9.17) is 18.9 Å². The Labute approximate surface area is 217 Å². The highest BCUT2D eigenvalue weighted by molar-refractivity contribution is 5.92. The third kappa shape index (κ3) is 29.4. The molecule has 0 heterocycles. The first kappa shape index (κ1) is 35.5. The Balaban J connectivity index is 0. The summed E-state index contributed by atoms with van der Waals surface area (Å²) in [6.07, 6.45) is 16.5. The summed E-state index contributed by atoms with van der Waals surface area (Å²) >= 11 is 0. The maximum Gasteiger partial charge on any atom is 0.331 e. The zero-order chi connectivity index (χ0) is 27.3. The molecule has 0 aliphatic carbocycles. The van der Waals surface area contributed by atoms with Crippen LogP contribution in [0.25, 0.3) is 0 Å². The topological polar surface area (TPSA) is 105 Å². The molecule has 0 saturated carbocycles. The second kappa shape index (κ2) is 28.6. The molecule has 0 spiro atoms. The van der Waals surface area contributed by atoms with Crippen LogP contribution in [-0.4, -0.2) is 50.3 Å². The predicted molar refractivity (Wildman–Crippen MR) is 140 cm³/mol. The molecule has 208 valence electrons. The maximum absolute atomic E-state index is 11.3. The zero-order valence-corrected chi connectivity index (χ0v) is 22.9. The van der Waals surface area contributed by atoms with Gasteiger partial charge in [-0.3, -0.25) is 0 Å². The molecule has 0 fully saturated rings. The van der Waals surface area contributed by atoms with E-state index in [9.17, 15) is 19.2 Å². The molecule has 0 atom stereocenters. The Morgan fingerprint density at radius 2 is 0.639 bits per heavy atom. The summed E-state index contributed by atoms with van der Waals surface area (Å²) < 4.78 is 19.6. The normalized spacial score (nSPS) is 10.6. The van der Waals surface area contributed by atoms with Crippen molar-refractivity contribution < 1.29 is 38.1 Å². The highest BCUT2D eigenvalue weighted by Gasteiger charge is 2.02. The standard InChI is InChI=1S/C16H28O4.C12H20O4/c1-3-5-7-9-13-19-15(17)11-12-16(18)20-14-10-8-6-4-2;1-3-5-9-15-11(13)7-8-12(14)16-10-6-4-2/h11-12H,3-10,13-14H2,1-2H3;7-8H,3-6,9-10H2,1-2H3/b12-11-;8-7+. The predicted octanol–water partition coefficient (Wildman–Crippen LogP) is 6.02. The summed E-state index contributed by atoms with van der Waals surface area (Å²) in [5.74, 6) is -1.96. The number of carbonyl (C=O) groups is 4.